The summed E-state index contributed by atoms with van der Waals surface area (Å²) in [5.74, 6) is 1.44. The van der Waals surface area contributed by atoms with Gasteiger partial charge in [-0.2, -0.15) is 0 Å². The van der Waals surface area contributed by atoms with E-state index in [-0.39, 0.29) is 6.10 Å². The van der Waals surface area contributed by atoms with Crippen LogP contribution in [0.25, 0.3) is 0 Å². The summed E-state index contributed by atoms with van der Waals surface area (Å²) in [4.78, 5) is 0. The van der Waals surface area contributed by atoms with Crippen molar-refractivity contribution in [3.63, 3.8) is 0 Å². The summed E-state index contributed by atoms with van der Waals surface area (Å²) in [6.45, 7) is 6.60. The van der Waals surface area contributed by atoms with Gasteiger partial charge in [0.2, 0.25) is 0 Å². The Labute approximate surface area is 127 Å². The van der Waals surface area contributed by atoms with E-state index in [1.54, 1.807) is 7.11 Å². The van der Waals surface area contributed by atoms with Crippen molar-refractivity contribution in [2.24, 2.45) is 5.92 Å². The summed E-state index contributed by atoms with van der Waals surface area (Å²) >= 11 is 0. The van der Waals surface area contributed by atoms with Gasteiger partial charge in [-0.05, 0) is 38.1 Å². The van der Waals surface area contributed by atoms with Crippen LogP contribution in [0.1, 0.15) is 51.0 Å². The Balaban J connectivity index is 1.70. The first kappa shape index (κ1) is 16.5. The molecule has 5 heteroatoms. The van der Waals surface area contributed by atoms with E-state index in [0.29, 0.717) is 18.6 Å². The second-order valence-corrected chi connectivity index (χ2v) is 6.27. The zero-order valence-corrected chi connectivity index (χ0v) is 13.4. The Kier molecular flexibility index (Phi) is 6.67. The second kappa shape index (κ2) is 8.51. The fraction of sp³-hybridized carbons (Fsp3) is 0.812. The fourth-order valence-electron chi connectivity index (χ4n) is 2.66. The maximum atomic E-state index is 5.92. The van der Waals surface area contributed by atoms with Gasteiger partial charge < -0.3 is 19.3 Å². The number of hydrogen-bond donors (Lipinski definition) is 1. The van der Waals surface area contributed by atoms with E-state index in [1.165, 1.54) is 6.42 Å². The molecule has 120 valence electrons. The molecule has 0 aliphatic heterocycles. The molecular formula is C16H28N2O3. The highest BCUT2D eigenvalue weighted by molar-refractivity contribution is 5.04. The molecule has 2 unspecified atom stereocenters. The van der Waals surface area contributed by atoms with Crippen LogP contribution >= 0.6 is 0 Å². The standard InChI is InChI=1S/C16H28N2O3/c1-12(2)9-17-10-13-7-16(21-18-13)11-20-15-6-4-5-14(8-15)19-3/h7,12,14-15,17H,4-6,8-11H2,1-3H3. The summed E-state index contributed by atoms with van der Waals surface area (Å²) in [5, 5.41) is 7.42. The van der Waals surface area contributed by atoms with Crippen molar-refractivity contribution in [1.29, 1.82) is 0 Å². The van der Waals surface area contributed by atoms with E-state index >= 15 is 0 Å². The van der Waals surface area contributed by atoms with Crippen molar-refractivity contribution in [3.8, 4) is 0 Å². The fourth-order valence-corrected chi connectivity index (χ4v) is 2.66. The number of methoxy groups -OCH3 is 1. The first-order chi connectivity index (χ1) is 10.2. The van der Waals surface area contributed by atoms with Crippen molar-refractivity contribution in [3.05, 3.63) is 17.5 Å². The van der Waals surface area contributed by atoms with Gasteiger partial charge in [-0.25, -0.2) is 0 Å². The van der Waals surface area contributed by atoms with Gasteiger partial charge in [0, 0.05) is 19.7 Å². The Bertz CT molecular complexity index is 406. The second-order valence-electron chi connectivity index (χ2n) is 6.27. The molecule has 2 rings (SSSR count). The van der Waals surface area contributed by atoms with Crippen LogP contribution in [-0.4, -0.2) is 31.0 Å². The number of rotatable bonds is 8. The SMILES string of the molecule is COC1CCCC(OCc2cc(CNCC(C)C)no2)C1. The van der Waals surface area contributed by atoms with Crippen molar-refractivity contribution in [1.82, 2.24) is 10.5 Å². The molecule has 21 heavy (non-hydrogen) atoms. The lowest BCUT2D eigenvalue weighted by atomic mass is 9.95. The van der Waals surface area contributed by atoms with Crippen molar-refractivity contribution < 1.29 is 14.0 Å². The minimum absolute atomic E-state index is 0.274. The van der Waals surface area contributed by atoms with E-state index in [9.17, 15) is 0 Å². The van der Waals surface area contributed by atoms with Crippen LogP contribution in [-0.2, 0) is 22.6 Å². The molecule has 1 heterocycles. The van der Waals surface area contributed by atoms with Gasteiger partial charge >= 0.3 is 0 Å². The molecule has 1 aliphatic carbocycles. The largest absolute Gasteiger partial charge is 0.381 e. The van der Waals surface area contributed by atoms with E-state index in [2.05, 4.69) is 24.3 Å². The third-order valence-electron chi connectivity index (χ3n) is 3.84. The number of ether oxygens (including phenoxy) is 2. The minimum atomic E-state index is 0.274. The third kappa shape index (κ3) is 5.77. The maximum absolute atomic E-state index is 5.92. The van der Waals surface area contributed by atoms with Crippen LogP contribution in [0, 0.1) is 5.92 Å². The van der Waals surface area contributed by atoms with Gasteiger partial charge in [0.05, 0.1) is 17.9 Å². The van der Waals surface area contributed by atoms with E-state index < -0.39 is 0 Å². The molecule has 0 saturated heterocycles. The van der Waals surface area contributed by atoms with Gasteiger partial charge in [-0.1, -0.05) is 19.0 Å². The van der Waals surface area contributed by atoms with Gasteiger partial charge in [0.1, 0.15) is 6.61 Å². The van der Waals surface area contributed by atoms with Crippen LogP contribution in [0.5, 0.6) is 0 Å². The number of nitrogens with one attached hydrogen (secondary N) is 1. The normalized spacial score (nSPS) is 22.9. The molecule has 0 spiro atoms. The summed E-state index contributed by atoms with van der Waals surface area (Å²) in [6.07, 6.45) is 5.02. The Morgan fingerprint density at radius 3 is 2.95 bits per heavy atom. The van der Waals surface area contributed by atoms with Crippen LogP contribution in [0.15, 0.2) is 10.6 Å². The van der Waals surface area contributed by atoms with Gasteiger partial charge in [0.15, 0.2) is 5.76 Å². The van der Waals surface area contributed by atoms with E-state index in [0.717, 1.165) is 43.8 Å². The lowest BCUT2D eigenvalue weighted by Gasteiger charge is -2.27. The van der Waals surface area contributed by atoms with Crippen molar-refractivity contribution >= 4 is 0 Å². The Morgan fingerprint density at radius 1 is 1.38 bits per heavy atom. The molecule has 2 atom stereocenters. The average Bonchev–Trinajstić information content (AvgIpc) is 2.93. The number of nitrogens with zero attached hydrogens (tertiary/aromatic N) is 1. The zero-order valence-electron chi connectivity index (χ0n) is 13.4. The predicted octanol–water partition coefficient (Wildman–Crippen LogP) is 2.89. The minimum Gasteiger partial charge on any atom is -0.381 e. The van der Waals surface area contributed by atoms with Gasteiger partial charge in [-0.3, -0.25) is 0 Å². The van der Waals surface area contributed by atoms with Crippen LogP contribution in [0.3, 0.4) is 0 Å². The summed E-state index contributed by atoms with van der Waals surface area (Å²) in [5.41, 5.74) is 0.938. The molecule has 0 bridgehead atoms. The highest BCUT2D eigenvalue weighted by Gasteiger charge is 2.22. The highest BCUT2D eigenvalue weighted by atomic mass is 16.5. The molecule has 1 saturated carbocycles. The molecule has 1 aromatic rings. The van der Waals surface area contributed by atoms with Crippen LogP contribution < -0.4 is 5.32 Å². The monoisotopic (exact) mass is 296 g/mol. The van der Waals surface area contributed by atoms with Crippen molar-refractivity contribution in [2.45, 2.75) is 64.9 Å². The maximum Gasteiger partial charge on any atom is 0.162 e. The number of hydrogen-bond acceptors (Lipinski definition) is 5. The van der Waals surface area contributed by atoms with Crippen LogP contribution in [0.2, 0.25) is 0 Å². The van der Waals surface area contributed by atoms with Crippen LogP contribution in [0.4, 0.5) is 0 Å². The van der Waals surface area contributed by atoms with Gasteiger partial charge in [0.25, 0.3) is 0 Å². The van der Waals surface area contributed by atoms with Crippen molar-refractivity contribution in [2.75, 3.05) is 13.7 Å². The lowest BCUT2D eigenvalue weighted by molar-refractivity contribution is -0.0414. The molecule has 1 fully saturated rings. The first-order valence-corrected chi connectivity index (χ1v) is 7.97. The summed E-state index contributed by atoms with van der Waals surface area (Å²) in [6, 6.07) is 1.98. The first-order valence-electron chi connectivity index (χ1n) is 7.97. The third-order valence-corrected chi connectivity index (χ3v) is 3.84. The summed E-state index contributed by atoms with van der Waals surface area (Å²) in [7, 11) is 1.78. The Hall–Kier alpha value is -0.910. The van der Waals surface area contributed by atoms with E-state index in [1.807, 2.05) is 6.07 Å². The molecule has 0 aromatic carbocycles. The quantitative estimate of drug-likeness (QED) is 0.799. The molecule has 0 amide bonds. The van der Waals surface area contributed by atoms with E-state index in [4.69, 9.17) is 14.0 Å². The zero-order chi connectivity index (χ0) is 15.1. The predicted molar refractivity (Wildman–Crippen MR) is 80.9 cm³/mol. The molecule has 1 N–H and O–H groups in total. The summed E-state index contributed by atoms with van der Waals surface area (Å²) < 4.78 is 16.7. The number of aromatic nitrogens is 1. The molecular weight excluding hydrogens is 268 g/mol. The van der Waals surface area contributed by atoms with Gasteiger partial charge in [-0.15, -0.1) is 0 Å². The topological polar surface area (TPSA) is 56.5 Å². The molecule has 1 aromatic heterocycles. The highest BCUT2D eigenvalue weighted by Crippen LogP contribution is 2.24. The Morgan fingerprint density at radius 2 is 2.19 bits per heavy atom. The molecule has 1 aliphatic rings. The molecule has 5 nitrogen and oxygen atoms in total. The molecule has 0 radical (unpaired) electrons. The average molecular weight is 296 g/mol. The smallest absolute Gasteiger partial charge is 0.162 e. The lowest BCUT2D eigenvalue weighted by Crippen LogP contribution is -2.27.